The van der Waals surface area contributed by atoms with Gasteiger partial charge in [0, 0.05) is 6.04 Å². The van der Waals surface area contributed by atoms with Crippen molar-refractivity contribution in [3.63, 3.8) is 0 Å². The second-order valence-electron chi connectivity index (χ2n) is 6.77. The number of likely N-dealkylation sites (tertiary alicyclic amines) is 1. The summed E-state index contributed by atoms with van der Waals surface area (Å²) in [6, 6.07) is -0.578. The number of hydrogen-bond acceptors (Lipinski definition) is 3. The highest BCUT2D eigenvalue weighted by molar-refractivity contribution is 5.83. The minimum Gasteiger partial charge on any atom is -0.480 e. The highest BCUT2D eigenvalue weighted by Gasteiger charge is 2.77. The standard InChI is InChI=1S/C13H19NO4/c1-12(2,3)18-11(17)14-8-4-5-13(8)6-7(13)9(14)10(15)16/h7-9H,4-6H2,1-3H3,(H,15,16)/t7-,8+,9-,13?/m0/s1. The highest BCUT2D eigenvalue weighted by Crippen LogP contribution is 2.73. The molecule has 1 N–H and O–H groups in total. The molecule has 1 heterocycles. The zero-order valence-corrected chi connectivity index (χ0v) is 11.0. The average molecular weight is 253 g/mol. The second kappa shape index (κ2) is 3.19. The maximum Gasteiger partial charge on any atom is 0.411 e. The first-order valence-electron chi connectivity index (χ1n) is 6.50. The Labute approximate surface area is 106 Å². The van der Waals surface area contributed by atoms with Crippen molar-refractivity contribution < 1.29 is 19.4 Å². The minimum atomic E-state index is -0.892. The second-order valence-corrected chi connectivity index (χ2v) is 6.77. The van der Waals surface area contributed by atoms with Crippen LogP contribution in [0.4, 0.5) is 4.79 Å². The highest BCUT2D eigenvalue weighted by atomic mass is 16.6. The first kappa shape index (κ1) is 11.8. The molecule has 18 heavy (non-hydrogen) atoms. The minimum absolute atomic E-state index is 0.0958. The summed E-state index contributed by atoms with van der Waals surface area (Å²) in [5, 5.41) is 9.34. The van der Waals surface area contributed by atoms with Crippen LogP contribution in [0.1, 0.15) is 40.0 Å². The number of hydrogen-bond donors (Lipinski definition) is 1. The predicted molar refractivity (Wildman–Crippen MR) is 63.1 cm³/mol. The lowest BCUT2D eigenvalue weighted by atomic mass is 9.76. The molecule has 100 valence electrons. The maximum absolute atomic E-state index is 12.2. The Bertz CT molecular complexity index is 427. The van der Waals surface area contributed by atoms with Gasteiger partial charge in [0.25, 0.3) is 0 Å². The van der Waals surface area contributed by atoms with Crippen LogP contribution in [-0.2, 0) is 9.53 Å². The smallest absolute Gasteiger partial charge is 0.411 e. The average Bonchev–Trinajstić information content (AvgIpc) is 2.85. The number of ether oxygens (including phenoxy) is 1. The Hall–Kier alpha value is -1.26. The van der Waals surface area contributed by atoms with E-state index in [-0.39, 0.29) is 17.4 Å². The van der Waals surface area contributed by atoms with Gasteiger partial charge >= 0.3 is 12.1 Å². The third kappa shape index (κ3) is 1.39. The molecule has 1 amide bonds. The van der Waals surface area contributed by atoms with Crippen molar-refractivity contribution in [3.05, 3.63) is 0 Å². The van der Waals surface area contributed by atoms with Crippen LogP contribution in [0.5, 0.6) is 0 Å². The van der Waals surface area contributed by atoms with E-state index >= 15 is 0 Å². The van der Waals surface area contributed by atoms with Crippen LogP contribution < -0.4 is 0 Å². The third-order valence-electron chi connectivity index (χ3n) is 4.60. The summed E-state index contributed by atoms with van der Waals surface area (Å²) >= 11 is 0. The molecule has 0 radical (unpaired) electrons. The van der Waals surface area contributed by atoms with Gasteiger partial charge in [0.2, 0.25) is 0 Å². The molecule has 5 nitrogen and oxygen atoms in total. The molecule has 5 heteroatoms. The van der Waals surface area contributed by atoms with Crippen molar-refractivity contribution >= 4 is 12.1 Å². The molecular formula is C13H19NO4. The summed E-state index contributed by atoms with van der Waals surface area (Å²) in [4.78, 5) is 25.0. The summed E-state index contributed by atoms with van der Waals surface area (Å²) in [6.07, 6.45) is 2.48. The summed E-state index contributed by atoms with van der Waals surface area (Å²) in [5.41, 5.74) is -0.455. The van der Waals surface area contributed by atoms with Crippen LogP contribution in [0.15, 0.2) is 0 Å². The number of carbonyl (C=O) groups excluding carboxylic acids is 1. The van der Waals surface area contributed by atoms with Gasteiger partial charge in [-0.3, -0.25) is 4.90 Å². The monoisotopic (exact) mass is 253 g/mol. The van der Waals surface area contributed by atoms with Crippen molar-refractivity contribution in [2.45, 2.75) is 57.7 Å². The Morgan fingerprint density at radius 1 is 1.39 bits per heavy atom. The lowest BCUT2D eigenvalue weighted by Crippen LogP contribution is -2.53. The molecule has 2 aliphatic carbocycles. The van der Waals surface area contributed by atoms with E-state index < -0.39 is 23.7 Å². The maximum atomic E-state index is 12.2. The number of rotatable bonds is 1. The first-order valence-corrected chi connectivity index (χ1v) is 6.50. The van der Waals surface area contributed by atoms with Crippen molar-refractivity contribution in [2.24, 2.45) is 11.3 Å². The van der Waals surface area contributed by atoms with Crippen LogP contribution >= 0.6 is 0 Å². The Morgan fingerprint density at radius 2 is 2.06 bits per heavy atom. The van der Waals surface area contributed by atoms with Crippen LogP contribution in [0, 0.1) is 11.3 Å². The molecule has 0 aromatic heterocycles. The van der Waals surface area contributed by atoms with E-state index in [4.69, 9.17) is 4.74 Å². The summed E-state index contributed by atoms with van der Waals surface area (Å²) in [5.74, 6) is -0.738. The van der Waals surface area contributed by atoms with E-state index in [1.165, 1.54) is 4.90 Å². The number of amides is 1. The number of piperidine rings is 1. The van der Waals surface area contributed by atoms with Crippen molar-refractivity contribution in [1.82, 2.24) is 4.90 Å². The van der Waals surface area contributed by atoms with Crippen LogP contribution in [-0.4, -0.2) is 39.8 Å². The fourth-order valence-corrected chi connectivity index (χ4v) is 3.74. The lowest BCUT2D eigenvalue weighted by Gasteiger charge is -2.41. The molecule has 1 unspecified atom stereocenters. The predicted octanol–water partition coefficient (Wildman–Crippen LogP) is 1.86. The van der Waals surface area contributed by atoms with Gasteiger partial charge in [-0.2, -0.15) is 0 Å². The normalized spacial score (nSPS) is 40.6. The van der Waals surface area contributed by atoms with Gasteiger partial charge in [-0.15, -0.1) is 0 Å². The van der Waals surface area contributed by atoms with Crippen molar-refractivity contribution in [3.8, 4) is 0 Å². The van der Waals surface area contributed by atoms with Crippen molar-refractivity contribution in [1.29, 1.82) is 0 Å². The molecule has 0 aromatic rings. The molecular weight excluding hydrogens is 234 g/mol. The van der Waals surface area contributed by atoms with Gasteiger partial charge in [-0.1, -0.05) is 0 Å². The molecule has 4 atom stereocenters. The zero-order chi connectivity index (χ0) is 13.3. The molecule has 2 saturated carbocycles. The molecule has 3 fully saturated rings. The van der Waals surface area contributed by atoms with E-state index in [1.54, 1.807) is 20.8 Å². The quantitative estimate of drug-likeness (QED) is 0.774. The van der Waals surface area contributed by atoms with Gasteiger partial charge in [0.1, 0.15) is 11.6 Å². The largest absolute Gasteiger partial charge is 0.480 e. The lowest BCUT2D eigenvalue weighted by molar-refractivity contribution is -0.143. The number of carbonyl (C=O) groups is 2. The van der Waals surface area contributed by atoms with Crippen LogP contribution in [0.3, 0.4) is 0 Å². The summed E-state index contributed by atoms with van der Waals surface area (Å²) in [6.45, 7) is 5.40. The van der Waals surface area contributed by atoms with E-state index in [0.717, 1.165) is 19.3 Å². The van der Waals surface area contributed by atoms with E-state index in [9.17, 15) is 14.7 Å². The Balaban J connectivity index is 1.82. The number of carboxylic acid groups (broad SMARTS) is 1. The van der Waals surface area contributed by atoms with E-state index in [1.807, 2.05) is 0 Å². The molecule has 3 rings (SSSR count). The van der Waals surface area contributed by atoms with Gasteiger partial charge in [0.15, 0.2) is 0 Å². The molecule has 1 saturated heterocycles. The molecule has 3 aliphatic rings. The van der Waals surface area contributed by atoms with Crippen molar-refractivity contribution in [2.75, 3.05) is 0 Å². The topological polar surface area (TPSA) is 66.8 Å². The number of aliphatic carboxylic acids is 1. The molecule has 0 bridgehead atoms. The molecule has 1 spiro atoms. The summed E-state index contributed by atoms with van der Waals surface area (Å²) < 4.78 is 5.34. The third-order valence-corrected chi connectivity index (χ3v) is 4.60. The number of nitrogens with zero attached hydrogens (tertiary/aromatic N) is 1. The fraction of sp³-hybridized carbons (Fsp3) is 0.846. The van der Waals surface area contributed by atoms with Gasteiger partial charge in [-0.05, 0) is 51.4 Å². The fourth-order valence-electron chi connectivity index (χ4n) is 3.74. The van der Waals surface area contributed by atoms with E-state index in [2.05, 4.69) is 0 Å². The first-order chi connectivity index (χ1) is 8.26. The zero-order valence-electron chi connectivity index (χ0n) is 11.0. The SMILES string of the molecule is CC(C)(C)OC(=O)N1[C@H](C(=O)O)[C@@H]2CC23CC[C@@H]13. The van der Waals surface area contributed by atoms with Crippen LogP contribution in [0.25, 0.3) is 0 Å². The molecule has 1 aliphatic heterocycles. The Morgan fingerprint density at radius 3 is 2.50 bits per heavy atom. The van der Waals surface area contributed by atoms with Gasteiger partial charge in [-0.25, -0.2) is 9.59 Å². The molecule has 0 aromatic carbocycles. The Kier molecular flexibility index (Phi) is 2.09. The number of carboxylic acids is 1. The van der Waals surface area contributed by atoms with Gasteiger partial charge in [0.05, 0.1) is 0 Å². The van der Waals surface area contributed by atoms with Gasteiger partial charge < -0.3 is 9.84 Å². The summed E-state index contributed by atoms with van der Waals surface area (Å²) in [7, 11) is 0. The van der Waals surface area contributed by atoms with Crippen LogP contribution in [0.2, 0.25) is 0 Å². The van der Waals surface area contributed by atoms with E-state index in [0.29, 0.717) is 0 Å².